The van der Waals surface area contributed by atoms with Gasteiger partial charge in [-0.3, -0.25) is 4.98 Å². The van der Waals surface area contributed by atoms with Crippen LogP contribution in [0.2, 0.25) is 0 Å². The second-order valence-electron chi connectivity index (χ2n) is 2.39. The van der Waals surface area contributed by atoms with Gasteiger partial charge < -0.3 is 4.98 Å². The fourth-order valence-corrected chi connectivity index (χ4v) is 1.41. The number of rotatable bonds is 1. The van der Waals surface area contributed by atoms with E-state index in [9.17, 15) is 0 Å². The molecule has 0 aliphatic carbocycles. The Morgan fingerprint density at radius 2 is 2.45 bits per heavy atom. The molecule has 0 spiro atoms. The van der Waals surface area contributed by atoms with Gasteiger partial charge in [0.25, 0.3) is 0 Å². The Morgan fingerprint density at radius 3 is 3.18 bits per heavy atom. The Morgan fingerprint density at radius 1 is 1.55 bits per heavy atom. The van der Waals surface area contributed by atoms with Crippen molar-refractivity contribution in [2.45, 2.75) is 5.33 Å². The van der Waals surface area contributed by atoms with Crippen LogP contribution in [0.1, 0.15) is 5.69 Å². The average molecular weight is 211 g/mol. The molecule has 0 bridgehead atoms. The zero-order valence-electron chi connectivity index (χ0n) is 5.84. The van der Waals surface area contributed by atoms with E-state index in [-0.39, 0.29) is 0 Å². The largest absolute Gasteiger partial charge is 0.356 e. The number of pyridine rings is 1. The van der Waals surface area contributed by atoms with E-state index in [2.05, 4.69) is 32.0 Å². The first kappa shape index (κ1) is 6.85. The summed E-state index contributed by atoms with van der Waals surface area (Å²) in [4.78, 5) is 7.25. The Balaban J connectivity index is 2.69. The van der Waals surface area contributed by atoms with Crippen molar-refractivity contribution >= 4 is 26.8 Å². The molecule has 0 atom stereocenters. The van der Waals surface area contributed by atoms with Crippen molar-refractivity contribution < 1.29 is 0 Å². The number of fused-ring (bicyclic) bond motifs is 1. The number of nitrogens with zero attached hydrogens (tertiary/aromatic N) is 1. The predicted molar refractivity (Wildman–Crippen MR) is 48.7 cm³/mol. The minimum absolute atomic E-state index is 0.863. The normalized spacial score (nSPS) is 10.6. The minimum atomic E-state index is 0.863. The highest BCUT2D eigenvalue weighted by Crippen LogP contribution is 2.14. The van der Waals surface area contributed by atoms with Crippen LogP contribution in [-0.4, -0.2) is 9.97 Å². The third-order valence-corrected chi connectivity index (χ3v) is 2.23. The first-order valence-electron chi connectivity index (χ1n) is 3.38. The summed E-state index contributed by atoms with van der Waals surface area (Å²) in [6.45, 7) is 0. The highest BCUT2D eigenvalue weighted by atomic mass is 79.9. The summed E-state index contributed by atoms with van der Waals surface area (Å²) in [7, 11) is 0. The van der Waals surface area contributed by atoms with Crippen LogP contribution in [0, 0.1) is 0 Å². The van der Waals surface area contributed by atoms with Crippen molar-refractivity contribution in [3.05, 3.63) is 30.2 Å². The lowest BCUT2D eigenvalue weighted by atomic mass is 10.3. The second-order valence-corrected chi connectivity index (χ2v) is 2.95. The summed E-state index contributed by atoms with van der Waals surface area (Å²) < 4.78 is 0. The van der Waals surface area contributed by atoms with Crippen molar-refractivity contribution in [1.82, 2.24) is 9.97 Å². The van der Waals surface area contributed by atoms with Crippen LogP contribution < -0.4 is 0 Å². The zero-order valence-corrected chi connectivity index (χ0v) is 7.43. The third kappa shape index (κ3) is 1.16. The standard InChI is InChI=1S/C8H7BrN2/c9-4-7-3-6-1-2-10-5-8(6)11-7/h1-3,5,11H,4H2. The van der Waals surface area contributed by atoms with E-state index < -0.39 is 0 Å². The second kappa shape index (κ2) is 2.66. The van der Waals surface area contributed by atoms with E-state index in [0.29, 0.717) is 0 Å². The van der Waals surface area contributed by atoms with E-state index in [4.69, 9.17) is 0 Å². The van der Waals surface area contributed by atoms with Gasteiger partial charge >= 0.3 is 0 Å². The summed E-state index contributed by atoms with van der Waals surface area (Å²) in [5.41, 5.74) is 2.29. The van der Waals surface area contributed by atoms with Crippen molar-refractivity contribution in [2.75, 3.05) is 0 Å². The molecule has 0 saturated heterocycles. The lowest BCUT2D eigenvalue weighted by molar-refractivity contribution is 1.26. The lowest BCUT2D eigenvalue weighted by Gasteiger charge is -1.84. The molecular formula is C8H7BrN2. The van der Waals surface area contributed by atoms with Gasteiger partial charge in [-0.2, -0.15) is 0 Å². The van der Waals surface area contributed by atoms with E-state index in [1.807, 2.05) is 12.3 Å². The highest BCUT2D eigenvalue weighted by Gasteiger charge is 1.96. The van der Waals surface area contributed by atoms with Gasteiger partial charge in [-0.25, -0.2) is 0 Å². The molecule has 2 nitrogen and oxygen atoms in total. The molecular weight excluding hydrogens is 204 g/mol. The molecule has 2 heterocycles. The molecule has 1 N–H and O–H groups in total. The van der Waals surface area contributed by atoms with Gasteiger partial charge in [-0.15, -0.1) is 0 Å². The zero-order chi connectivity index (χ0) is 7.68. The maximum Gasteiger partial charge on any atom is 0.0642 e. The van der Waals surface area contributed by atoms with Crippen molar-refractivity contribution in [1.29, 1.82) is 0 Å². The Bertz CT molecular complexity index is 334. The molecule has 0 aliphatic heterocycles. The van der Waals surface area contributed by atoms with Gasteiger partial charge in [0.15, 0.2) is 0 Å². The van der Waals surface area contributed by atoms with Crippen molar-refractivity contribution in [2.24, 2.45) is 0 Å². The van der Waals surface area contributed by atoms with Crippen molar-refractivity contribution in [3.63, 3.8) is 0 Å². The number of nitrogens with one attached hydrogen (secondary N) is 1. The summed E-state index contributed by atoms with van der Waals surface area (Å²) in [5.74, 6) is 0. The molecule has 2 aromatic heterocycles. The number of H-pyrrole nitrogens is 1. The van der Waals surface area contributed by atoms with Gasteiger partial charge in [0, 0.05) is 22.6 Å². The van der Waals surface area contributed by atoms with E-state index >= 15 is 0 Å². The lowest BCUT2D eigenvalue weighted by Crippen LogP contribution is -1.73. The van der Waals surface area contributed by atoms with Gasteiger partial charge in [0.05, 0.1) is 11.7 Å². The van der Waals surface area contributed by atoms with Crippen LogP contribution in [0.3, 0.4) is 0 Å². The number of aromatic nitrogens is 2. The molecule has 56 valence electrons. The molecule has 0 amide bonds. The molecule has 0 unspecified atom stereocenters. The van der Waals surface area contributed by atoms with Gasteiger partial charge in [-0.1, -0.05) is 15.9 Å². The molecule has 2 rings (SSSR count). The Kier molecular flexibility index (Phi) is 1.66. The van der Waals surface area contributed by atoms with Crippen LogP contribution in [0.4, 0.5) is 0 Å². The maximum absolute atomic E-state index is 4.01. The molecule has 0 aliphatic rings. The number of hydrogen-bond donors (Lipinski definition) is 1. The quantitative estimate of drug-likeness (QED) is 0.721. The van der Waals surface area contributed by atoms with E-state index in [1.54, 1.807) is 6.20 Å². The number of aromatic amines is 1. The van der Waals surface area contributed by atoms with Crippen LogP contribution >= 0.6 is 15.9 Å². The fourth-order valence-electron chi connectivity index (χ4n) is 1.10. The molecule has 11 heavy (non-hydrogen) atoms. The SMILES string of the molecule is BrCc1cc2ccncc2[nH]1. The fraction of sp³-hybridized carbons (Fsp3) is 0.125. The van der Waals surface area contributed by atoms with Gasteiger partial charge in [-0.05, 0) is 12.1 Å². The van der Waals surface area contributed by atoms with Crippen LogP contribution in [0.25, 0.3) is 10.9 Å². The maximum atomic E-state index is 4.01. The van der Waals surface area contributed by atoms with Gasteiger partial charge in [0.2, 0.25) is 0 Å². The number of alkyl halides is 1. The topological polar surface area (TPSA) is 28.7 Å². The van der Waals surface area contributed by atoms with Crippen LogP contribution in [0.15, 0.2) is 24.5 Å². The summed E-state index contributed by atoms with van der Waals surface area (Å²) in [5, 5.41) is 2.08. The molecule has 3 heteroatoms. The molecule has 0 radical (unpaired) electrons. The minimum Gasteiger partial charge on any atom is -0.356 e. The first-order chi connectivity index (χ1) is 5.40. The van der Waals surface area contributed by atoms with E-state index in [0.717, 1.165) is 10.8 Å². The Hall–Kier alpha value is -0.830. The summed E-state index contributed by atoms with van der Waals surface area (Å²) >= 11 is 3.38. The van der Waals surface area contributed by atoms with Crippen LogP contribution in [-0.2, 0) is 5.33 Å². The smallest absolute Gasteiger partial charge is 0.0642 e. The van der Waals surface area contributed by atoms with Crippen molar-refractivity contribution in [3.8, 4) is 0 Å². The first-order valence-corrected chi connectivity index (χ1v) is 4.50. The number of halogens is 1. The van der Waals surface area contributed by atoms with Gasteiger partial charge in [0.1, 0.15) is 0 Å². The highest BCUT2D eigenvalue weighted by molar-refractivity contribution is 9.08. The molecule has 0 aromatic carbocycles. The molecule has 0 fully saturated rings. The third-order valence-electron chi connectivity index (χ3n) is 1.62. The van der Waals surface area contributed by atoms with Crippen LogP contribution in [0.5, 0.6) is 0 Å². The average Bonchev–Trinajstić information content (AvgIpc) is 2.46. The predicted octanol–water partition coefficient (Wildman–Crippen LogP) is 2.46. The molecule has 2 aromatic rings. The summed E-state index contributed by atoms with van der Waals surface area (Å²) in [6, 6.07) is 4.11. The monoisotopic (exact) mass is 210 g/mol. The molecule has 0 saturated carbocycles. The summed E-state index contributed by atoms with van der Waals surface area (Å²) in [6.07, 6.45) is 3.63. The number of hydrogen-bond acceptors (Lipinski definition) is 1. The van der Waals surface area contributed by atoms with E-state index in [1.165, 1.54) is 11.1 Å². The Labute approximate surface area is 72.8 Å².